The lowest BCUT2D eigenvalue weighted by Gasteiger charge is -2.24. The summed E-state index contributed by atoms with van der Waals surface area (Å²) in [5, 5.41) is 3.03. The second kappa shape index (κ2) is 5.85. The van der Waals surface area contributed by atoms with Crippen LogP contribution >= 0.6 is 0 Å². The van der Waals surface area contributed by atoms with Gasteiger partial charge in [-0.05, 0) is 6.92 Å². The normalized spacial score (nSPS) is 29.6. The predicted octanol–water partition coefficient (Wildman–Crippen LogP) is -0.580. The number of primary amides is 1. The maximum absolute atomic E-state index is 10.7. The molecule has 0 spiro atoms. The molecule has 0 bridgehead atoms. The summed E-state index contributed by atoms with van der Waals surface area (Å²) in [4.78, 5) is 10.7. The summed E-state index contributed by atoms with van der Waals surface area (Å²) >= 11 is 0. The lowest BCUT2D eigenvalue weighted by Crippen LogP contribution is -2.48. The Balaban J connectivity index is 2.50. The van der Waals surface area contributed by atoms with E-state index in [0.29, 0.717) is 6.61 Å². The van der Waals surface area contributed by atoms with Crippen molar-refractivity contribution in [2.45, 2.75) is 25.2 Å². The number of hydrogen-bond acceptors (Lipinski definition) is 4. The lowest BCUT2D eigenvalue weighted by atomic mass is 10.1. The smallest absolute Gasteiger partial charge is 0.231 e. The highest BCUT2D eigenvalue weighted by molar-refractivity contribution is 5.75. The third kappa shape index (κ3) is 3.30. The van der Waals surface area contributed by atoms with Gasteiger partial charge >= 0.3 is 0 Å². The Labute approximate surface area is 89.6 Å². The summed E-state index contributed by atoms with van der Waals surface area (Å²) < 4.78 is 10.7. The zero-order valence-corrected chi connectivity index (χ0v) is 9.10. The van der Waals surface area contributed by atoms with Gasteiger partial charge in [0.05, 0.1) is 24.8 Å². The van der Waals surface area contributed by atoms with Gasteiger partial charge < -0.3 is 20.5 Å². The molecule has 3 atom stereocenters. The summed E-state index contributed by atoms with van der Waals surface area (Å²) in [5.41, 5.74) is 5.07. The summed E-state index contributed by atoms with van der Waals surface area (Å²) in [7, 11) is 1.63. The minimum atomic E-state index is -0.382. The SMILES string of the molecule is CCOC1C=C[C@H](OC)[C@@H]1NCC(N)=O. The molecule has 0 heterocycles. The van der Waals surface area contributed by atoms with Gasteiger partial charge in [-0.25, -0.2) is 0 Å². The predicted molar refractivity (Wildman–Crippen MR) is 56.3 cm³/mol. The number of hydrogen-bond donors (Lipinski definition) is 2. The monoisotopic (exact) mass is 214 g/mol. The molecule has 0 aromatic rings. The molecule has 1 unspecified atom stereocenters. The summed E-state index contributed by atoms with van der Waals surface area (Å²) in [6.45, 7) is 2.69. The molecular formula is C10H18N2O3. The number of methoxy groups -OCH3 is 1. The van der Waals surface area contributed by atoms with Crippen molar-refractivity contribution < 1.29 is 14.3 Å². The van der Waals surface area contributed by atoms with E-state index in [2.05, 4.69) is 5.32 Å². The fourth-order valence-electron chi connectivity index (χ4n) is 1.67. The fraction of sp³-hybridized carbons (Fsp3) is 0.700. The maximum atomic E-state index is 10.7. The lowest BCUT2D eigenvalue weighted by molar-refractivity contribution is -0.117. The summed E-state index contributed by atoms with van der Waals surface area (Å²) in [6, 6.07) is -0.0394. The fourth-order valence-corrected chi connectivity index (χ4v) is 1.67. The van der Waals surface area contributed by atoms with Gasteiger partial charge in [0.15, 0.2) is 0 Å². The van der Waals surface area contributed by atoms with Crippen molar-refractivity contribution in [1.29, 1.82) is 0 Å². The van der Waals surface area contributed by atoms with Crippen molar-refractivity contribution in [2.75, 3.05) is 20.3 Å². The highest BCUT2D eigenvalue weighted by Crippen LogP contribution is 2.17. The van der Waals surface area contributed by atoms with Crippen molar-refractivity contribution in [1.82, 2.24) is 5.32 Å². The first-order chi connectivity index (χ1) is 7.19. The van der Waals surface area contributed by atoms with Gasteiger partial charge in [0.2, 0.25) is 5.91 Å². The minimum absolute atomic E-state index is 0.0394. The zero-order chi connectivity index (χ0) is 11.3. The zero-order valence-electron chi connectivity index (χ0n) is 9.10. The average Bonchev–Trinajstić information content (AvgIpc) is 2.58. The van der Waals surface area contributed by atoms with E-state index in [-0.39, 0.29) is 30.7 Å². The summed E-state index contributed by atoms with van der Waals surface area (Å²) in [5.74, 6) is -0.382. The second-order valence-electron chi connectivity index (χ2n) is 3.38. The quantitative estimate of drug-likeness (QED) is 0.580. The molecule has 1 aliphatic carbocycles. The van der Waals surface area contributed by atoms with E-state index in [4.69, 9.17) is 15.2 Å². The molecule has 5 heteroatoms. The van der Waals surface area contributed by atoms with Crippen LogP contribution in [0.15, 0.2) is 12.2 Å². The van der Waals surface area contributed by atoms with Gasteiger partial charge in [0, 0.05) is 13.7 Å². The number of ether oxygens (including phenoxy) is 2. The maximum Gasteiger partial charge on any atom is 0.231 e. The van der Waals surface area contributed by atoms with E-state index in [1.54, 1.807) is 7.11 Å². The number of nitrogens with one attached hydrogen (secondary N) is 1. The first kappa shape index (κ1) is 12.2. The topological polar surface area (TPSA) is 73.6 Å². The van der Waals surface area contributed by atoms with Crippen LogP contribution in [0, 0.1) is 0 Å². The second-order valence-corrected chi connectivity index (χ2v) is 3.38. The van der Waals surface area contributed by atoms with Crippen molar-refractivity contribution in [3.63, 3.8) is 0 Å². The van der Waals surface area contributed by atoms with E-state index in [1.165, 1.54) is 0 Å². The largest absolute Gasteiger partial charge is 0.376 e. The van der Waals surface area contributed by atoms with Crippen LogP contribution in [0.3, 0.4) is 0 Å². The van der Waals surface area contributed by atoms with Gasteiger partial charge in [0.1, 0.15) is 0 Å². The Morgan fingerprint density at radius 3 is 2.67 bits per heavy atom. The third-order valence-corrected chi connectivity index (χ3v) is 2.34. The van der Waals surface area contributed by atoms with E-state index in [1.807, 2.05) is 19.1 Å². The van der Waals surface area contributed by atoms with E-state index in [0.717, 1.165) is 0 Å². The van der Waals surface area contributed by atoms with Crippen molar-refractivity contribution in [3.8, 4) is 0 Å². The van der Waals surface area contributed by atoms with Crippen LogP contribution in [0.4, 0.5) is 0 Å². The molecule has 1 amide bonds. The standard InChI is InChI=1S/C10H18N2O3/c1-3-15-8-5-4-7(14-2)10(8)12-6-9(11)13/h4-5,7-8,10,12H,3,6H2,1-2H3,(H2,11,13)/t7-,8?,10-/m0/s1. The van der Waals surface area contributed by atoms with Gasteiger partial charge in [-0.15, -0.1) is 0 Å². The average molecular weight is 214 g/mol. The number of carbonyl (C=O) groups is 1. The molecule has 0 aliphatic heterocycles. The first-order valence-corrected chi connectivity index (χ1v) is 5.03. The Bertz CT molecular complexity index is 243. The van der Waals surface area contributed by atoms with Gasteiger partial charge in [0.25, 0.3) is 0 Å². The molecule has 1 rings (SSSR count). The molecule has 1 aliphatic rings. The molecule has 0 fully saturated rings. The molecule has 0 aromatic heterocycles. The Hall–Kier alpha value is -0.910. The van der Waals surface area contributed by atoms with Gasteiger partial charge in [-0.2, -0.15) is 0 Å². The van der Waals surface area contributed by atoms with Crippen LogP contribution in [0.25, 0.3) is 0 Å². The van der Waals surface area contributed by atoms with Gasteiger partial charge in [-0.1, -0.05) is 12.2 Å². The number of nitrogens with two attached hydrogens (primary N) is 1. The van der Waals surface area contributed by atoms with E-state index >= 15 is 0 Å². The van der Waals surface area contributed by atoms with Crippen LogP contribution in [-0.2, 0) is 14.3 Å². The Kier molecular flexibility index (Phi) is 4.74. The van der Waals surface area contributed by atoms with Crippen molar-refractivity contribution in [2.24, 2.45) is 5.73 Å². The molecule has 0 saturated carbocycles. The molecule has 0 radical (unpaired) electrons. The number of rotatable bonds is 6. The van der Waals surface area contributed by atoms with Gasteiger partial charge in [-0.3, -0.25) is 4.79 Å². The molecule has 0 aromatic carbocycles. The van der Waals surface area contributed by atoms with Crippen LogP contribution in [0.5, 0.6) is 0 Å². The van der Waals surface area contributed by atoms with Crippen LogP contribution in [-0.4, -0.2) is 44.4 Å². The number of carbonyl (C=O) groups excluding carboxylic acids is 1. The third-order valence-electron chi connectivity index (χ3n) is 2.34. The minimum Gasteiger partial charge on any atom is -0.376 e. The van der Waals surface area contributed by atoms with Crippen molar-refractivity contribution in [3.05, 3.63) is 12.2 Å². The van der Waals surface area contributed by atoms with Crippen LogP contribution < -0.4 is 11.1 Å². The molecule has 86 valence electrons. The number of amides is 1. The molecule has 5 nitrogen and oxygen atoms in total. The highest BCUT2D eigenvalue weighted by Gasteiger charge is 2.31. The van der Waals surface area contributed by atoms with Crippen LogP contribution in [0.2, 0.25) is 0 Å². The Morgan fingerprint density at radius 2 is 2.13 bits per heavy atom. The Morgan fingerprint density at radius 1 is 1.47 bits per heavy atom. The molecule has 3 N–H and O–H groups in total. The van der Waals surface area contributed by atoms with Crippen LogP contribution in [0.1, 0.15) is 6.92 Å². The first-order valence-electron chi connectivity index (χ1n) is 5.03. The summed E-state index contributed by atoms with van der Waals surface area (Å²) in [6.07, 6.45) is 3.75. The highest BCUT2D eigenvalue weighted by atomic mass is 16.5. The van der Waals surface area contributed by atoms with Crippen molar-refractivity contribution >= 4 is 5.91 Å². The molecule has 0 saturated heterocycles. The van der Waals surface area contributed by atoms with E-state index in [9.17, 15) is 4.79 Å². The van der Waals surface area contributed by atoms with E-state index < -0.39 is 0 Å². The molecular weight excluding hydrogens is 196 g/mol. The molecule has 15 heavy (non-hydrogen) atoms.